The summed E-state index contributed by atoms with van der Waals surface area (Å²) in [5, 5.41) is 6.75. The number of carbonyl (C=O) groups excluding carboxylic acids is 1. The molecular formula is C16H20N4O2. The zero-order chi connectivity index (χ0) is 15.5. The number of ether oxygens (including phenoxy) is 1. The molecule has 3 heterocycles. The molecule has 0 bridgehead atoms. The number of nitrogens with zero attached hydrogens (tertiary/aromatic N) is 3. The molecule has 6 heteroatoms. The molecule has 3 rings (SSSR count). The van der Waals surface area contributed by atoms with Gasteiger partial charge in [0, 0.05) is 49.6 Å². The first-order chi connectivity index (χ1) is 10.7. The van der Waals surface area contributed by atoms with Crippen molar-refractivity contribution in [2.24, 2.45) is 5.92 Å². The number of aryl methyl sites for hydroxylation is 1. The summed E-state index contributed by atoms with van der Waals surface area (Å²) in [4.78, 5) is 19.0. The van der Waals surface area contributed by atoms with Crippen LogP contribution in [0.2, 0.25) is 0 Å². The lowest BCUT2D eigenvalue weighted by atomic mass is 9.93. The topological polar surface area (TPSA) is 71.1 Å². The molecule has 0 saturated carbocycles. The van der Waals surface area contributed by atoms with E-state index < -0.39 is 0 Å². The van der Waals surface area contributed by atoms with Gasteiger partial charge in [0.1, 0.15) is 0 Å². The van der Waals surface area contributed by atoms with Crippen molar-refractivity contribution in [1.82, 2.24) is 20.1 Å². The number of likely N-dealkylation sites (tertiary alicyclic amines) is 1. The summed E-state index contributed by atoms with van der Waals surface area (Å²) in [5.41, 5.74) is 2.45. The van der Waals surface area contributed by atoms with Crippen molar-refractivity contribution in [3.8, 4) is 0 Å². The molecule has 2 aromatic heterocycles. The van der Waals surface area contributed by atoms with Crippen LogP contribution in [0.15, 0.2) is 30.6 Å². The summed E-state index contributed by atoms with van der Waals surface area (Å²) in [6.45, 7) is 3.82. The molecule has 2 aromatic rings. The van der Waals surface area contributed by atoms with Crippen LogP contribution in [-0.2, 0) is 4.74 Å². The van der Waals surface area contributed by atoms with Crippen LogP contribution in [0.1, 0.15) is 27.7 Å². The fraction of sp³-hybridized carbons (Fsp3) is 0.438. The van der Waals surface area contributed by atoms with Gasteiger partial charge in [0.2, 0.25) is 0 Å². The van der Waals surface area contributed by atoms with Crippen molar-refractivity contribution >= 4 is 5.91 Å². The van der Waals surface area contributed by atoms with Gasteiger partial charge in [-0.3, -0.25) is 14.9 Å². The van der Waals surface area contributed by atoms with Crippen LogP contribution >= 0.6 is 0 Å². The standard InChI is InChI=1S/C16H20N4O2/c1-11-13(7-18-19-11)16(21)20-8-12(10-22-2)14(9-20)15-5-3-4-6-17-15/h3-7,12,14H,8-10H2,1-2H3,(H,18,19)/t12-,14+/m0/s1. The zero-order valence-electron chi connectivity index (χ0n) is 12.8. The maximum Gasteiger partial charge on any atom is 0.257 e. The molecule has 1 saturated heterocycles. The molecule has 2 atom stereocenters. The monoisotopic (exact) mass is 300 g/mol. The van der Waals surface area contributed by atoms with Gasteiger partial charge in [-0.25, -0.2) is 0 Å². The third kappa shape index (κ3) is 2.74. The molecular weight excluding hydrogens is 280 g/mol. The smallest absolute Gasteiger partial charge is 0.257 e. The highest BCUT2D eigenvalue weighted by Crippen LogP contribution is 2.32. The molecule has 6 nitrogen and oxygen atoms in total. The SMILES string of the molecule is COC[C@@H]1CN(C(=O)c2cn[nH]c2C)C[C@H]1c1ccccn1. The van der Waals surface area contributed by atoms with Crippen LogP contribution in [0.3, 0.4) is 0 Å². The van der Waals surface area contributed by atoms with Crippen LogP contribution < -0.4 is 0 Å². The van der Waals surface area contributed by atoms with Gasteiger partial charge in [-0.15, -0.1) is 0 Å². The maximum absolute atomic E-state index is 12.7. The molecule has 0 aromatic carbocycles. The highest BCUT2D eigenvalue weighted by Gasteiger charge is 2.37. The van der Waals surface area contributed by atoms with Crippen molar-refractivity contribution in [3.63, 3.8) is 0 Å². The average Bonchev–Trinajstić information content (AvgIpc) is 3.14. The van der Waals surface area contributed by atoms with Gasteiger partial charge in [0.15, 0.2) is 0 Å². The van der Waals surface area contributed by atoms with Crippen molar-refractivity contribution in [2.75, 3.05) is 26.8 Å². The summed E-state index contributed by atoms with van der Waals surface area (Å²) in [5.74, 6) is 0.485. The molecule has 1 amide bonds. The minimum absolute atomic E-state index is 0.0192. The highest BCUT2D eigenvalue weighted by atomic mass is 16.5. The van der Waals surface area contributed by atoms with Crippen LogP contribution in [0.25, 0.3) is 0 Å². The van der Waals surface area contributed by atoms with E-state index in [1.807, 2.05) is 30.0 Å². The quantitative estimate of drug-likeness (QED) is 0.931. The lowest BCUT2D eigenvalue weighted by Gasteiger charge is -2.16. The number of aromatic nitrogens is 3. The van der Waals surface area contributed by atoms with Gasteiger partial charge >= 0.3 is 0 Å². The van der Waals surface area contributed by atoms with E-state index >= 15 is 0 Å². The van der Waals surface area contributed by atoms with Gasteiger partial charge in [-0.1, -0.05) is 6.07 Å². The largest absolute Gasteiger partial charge is 0.384 e. The Bertz CT molecular complexity index is 641. The second-order valence-electron chi connectivity index (χ2n) is 5.70. The number of hydrogen-bond acceptors (Lipinski definition) is 4. The average molecular weight is 300 g/mol. The van der Waals surface area contributed by atoms with Crippen molar-refractivity contribution < 1.29 is 9.53 Å². The lowest BCUT2D eigenvalue weighted by molar-refractivity contribution is 0.0775. The van der Waals surface area contributed by atoms with Crippen LogP contribution in [0.5, 0.6) is 0 Å². The minimum Gasteiger partial charge on any atom is -0.384 e. The van der Waals surface area contributed by atoms with Crippen molar-refractivity contribution in [3.05, 3.63) is 47.5 Å². The summed E-state index contributed by atoms with van der Waals surface area (Å²) < 4.78 is 5.34. The molecule has 1 aliphatic rings. The molecule has 0 spiro atoms. The number of methoxy groups -OCH3 is 1. The molecule has 116 valence electrons. The molecule has 0 unspecified atom stereocenters. The van der Waals surface area contributed by atoms with Gasteiger partial charge in [0.25, 0.3) is 5.91 Å². The van der Waals surface area contributed by atoms with Crippen molar-refractivity contribution in [2.45, 2.75) is 12.8 Å². The second-order valence-corrected chi connectivity index (χ2v) is 5.70. The molecule has 0 radical (unpaired) electrons. The van der Waals surface area contributed by atoms with E-state index in [-0.39, 0.29) is 17.7 Å². The number of pyridine rings is 1. The van der Waals surface area contributed by atoms with E-state index in [4.69, 9.17) is 4.74 Å². The summed E-state index contributed by atoms with van der Waals surface area (Å²) in [7, 11) is 1.69. The van der Waals surface area contributed by atoms with Crippen molar-refractivity contribution in [1.29, 1.82) is 0 Å². The summed E-state index contributed by atoms with van der Waals surface area (Å²) in [6, 6.07) is 5.91. The fourth-order valence-electron chi connectivity index (χ4n) is 3.09. The third-order valence-corrected chi connectivity index (χ3v) is 4.24. The second kappa shape index (κ2) is 6.27. The van der Waals surface area contributed by atoms with Gasteiger partial charge in [-0.2, -0.15) is 5.10 Å². The predicted octanol–water partition coefficient (Wildman–Crippen LogP) is 1.62. The Morgan fingerprint density at radius 2 is 2.32 bits per heavy atom. The fourth-order valence-corrected chi connectivity index (χ4v) is 3.09. The van der Waals surface area contributed by atoms with Crippen LogP contribution in [-0.4, -0.2) is 52.8 Å². The minimum atomic E-state index is 0.0192. The first kappa shape index (κ1) is 14.7. The number of carbonyl (C=O) groups is 1. The normalized spacial score (nSPS) is 21.3. The number of H-pyrrole nitrogens is 1. The molecule has 0 aliphatic carbocycles. The molecule has 1 aliphatic heterocycles. The molecule has 22 heavy (non-hydrogen) atoms. The highest BCUT2D eigenvalue weighted by molar-refractivity contribution is 5.95. The van der Waals surface area contributed by atoms with E-state index in [0.29, 0.717) is 25.3 Å². The first-order valence-corrected chi connectivity index (χ1v) is 7.39. The summed E-state index contributed by atoms with van der Waals surface area (Å²) >= 11 is 0. The number of amides is 1. The molecule has 1 fully saturated rings. The van der Waals surface area contributed by atoms with Gasteiger partial charge < -0.3 is 9.64 Å². The number of aromatic amines is 1. The number of hydrogen-bond donors (Lipinski definition) is 1. The van der Waals surface area contributed by atoms with Gasteiger partial charge in [0.05, 0.1) is 18.4 Å². The lowest BCUT2D eigenvalue weighted by Crippen LogP contribution is -2.29. The Kier molecular flexibility index (Phi) is 4.20. The number of rotatable bonds is 4. The Morgan fingerprint density at radius 1 is 1.45 bits per heavy atom. The Labute approximate surface area is 129 Å². The van der Waals surface area contributed by atoms with E-state index in [9.17, 15) is 4.79 Å². The van der Waals surface area contributed by atoms with E-state index in [1.54, 1.807) is 19.5 Å². The first-order valence-electron chi connectivity index (χ1n) is 7.39. The number of nitrogens with one attached hydrogen (secondary N) is 1. The predicted molar refractivity (Wildman–Crippen MR) is 81.6 cm³/mol. The third-order valence-electron chi connectivity index (χ3n) is 4.24. The van der Waals surface area contributed by atoms with E-state index in [2.05, 4.69) is 15.2 Å². The van der Waals surface area contributed by atoms with Gasteiger partial charge in [-0.05, 0) is 19.1 Å². The van der Waals surface area contributed by atoms with Crippen LogP contribution in [0, 0.1) is 12.8 Å². The van der Waals surface area contributed by atoms with E-state index in [0.717, 1.165) is 11.4 Å². The molecule has 1 N–H and O–H groups in total. The summed E-state index contributed by atoms with van der Waals surface area (Å²) in [6.07, 6.45) is 3.39. The Hall–Kier alpha value is -2.21. The van der Waals surface area contributed by atoms with Crippen LogP contribution in [0.4, 0.5) is 0 Å². The Balaban J connectivity index is 1.81. The van der Waals surface area contributed by atoms with E-state index in [1.165, 1.54) is 0 Å². The Morgan fingerprint density at radius 3 is 2.95 bits per heavy atom. The zero-order valence-corrected chi connectivity index (χ0v) is 12.8. The maximum atomic E-state index is 12.7.